The molecule has 0 amide bonds. The van der Waals surface area contributed by atoms with Crippen LogP contribution in [0.3, 0.4) is 0 Å². The number of aromatic nitrogens is 4. The Labute approximate surface area is 175 Å². The predicted molar refractivity (Wildman–Crippen MR) is 116 cm³/mol. The maximum atomic E-state index is 10.5. The van der Waals surface area contributed by atoms with Crippen LogP contribution in [0.4, 0.5) is 0 Å². The van der Waals surface area contributed by atoms with Crippen LogP contribution in [0.15, 0.2) is 54.1 Å². The number of nitrogens with zero attached hydrogens (tertiary/aromatic N) is 4. The standard InChI is InChI=1S/C22H27N5OS/c1-21(2)12-16(13-22(3,4)26-21)29-20-23-14-18(24-25-20)17-8-7-15(11-19(17)28)27-9-5-6-10-27/h5-11,14,16,26,28H,12-13H2,1-4H3. The van der Waals surface area contributed by atoms with Crippen LogP contribution in [0.2, 0.25) is 0 Å². The Morgan fingerprint density at radius 2 is 1.76 bits per heavy atom. The third kappa shape index (κ3) is 4.62. The third-order valence-corrected chi connectivity index (χ3v) is 6.19. The zero-order valence-electron chi connectivity index (χ0n) is 17.3. The number of benzene rings is 1. The number of aromatic hydroxyl groups is 1. The minimum atomic E-state index is 0.0834. The van der Waals surface area contributed by atoms with E-state index in [0.717, 1.165) is 18.5 Å². The molecule has 152 valence electrons. The van der Waals surface area contributed by atoms with Gasteiger partial charge in [-0.1, -0.05) is 11.8 Å². The van der Waals surface area contributed by atoms with Gasteiger partial charge in [0.05, 0.1) is 6.20 Å². The molecular weight excluding hydrogens is 382 g/mol. The first-order valence-corrected chi connectivity index (χ1v) is 10.7. The molecule has 7 heteroatoms. The van der Waals surface area contributed by atoms with E-state index in [0.29, 0.717) is 21.7 Å². The summed E-state index contributed by atoms with van der Waals surface area (Å²) in [5.74, 6) is 0.162. The second kappa shape index (κ2) is 7.46. The lowest BCUT2D eigenvalue weighted by Crippen LogP contribution is -2.58. The lowest BCUT2D eigenvalue weighted by atomic mass is 9.82. The summed E-state index contributed by atoms with van der Waals surface area (Å²) in [5, 5.41) is 23.9. The molecule has 0 radical (unpaired) electrons. The molecule has 0 atom stereocenters. The van der Waals surface area contributed by atoms with E-state index in [1.807, 2.05) is 41.2 Å². The van der Waals surface area contributed by atoms with E-state index in [1.54, 1.807) is 24.0 Å². The topological polar surface area (TPSA) is 75.9 Å². The Balaban J connectivity index is 1.50. The first-order valence-electron chi connectivity index (χ1n) is 9.83. The van der Waals surface area contributed by atoms with Gasteiger partial charge in [0.2, 0.25) is 5.16 Å². The second-order valence-electron chi connectivity index (χ2n) is 8.96. The molecule has 0 unspecified atom stereocenters. The van der Waals surface area contributed by atoms with Crippen LogP contribution in [-0.4, -0.2) is 41.2 Å². The lowest BCUT2D eigenvalue weighted by molar-refractivity contribution is 0.188. The van der Waals surface area contributed by atoms with Crippen LogP contribution < -0.4 is 5.32 Å². The predicted octanol–water partition coefficient (Wildman–Crippen LogP) is 4.44. The number of piperidine rings is 1. The fourth-order valence-electron chi connectivity index (χ4n) is 4.31. The highest BCUT2D eigenvalue weighted by Crippen LogP contribution is 2.37. The number of nitrogens with one attached hydrogen (secondary N) is 1. The van der Waals surface area contributed by atoms with Crippen LogP contribution >= 0.6 is 11.8 Å². The van der Waals surface area contributed by atoms with Gasteiger partial charge in [0, 0.05) is 46.0 Å². The quantitative estimate of drug-likeness (QED) is 0.664. The van der Waals surface area contributed by atoms with E-state index in [1.165, 1.54) is 0 Å². The van der Waals surface area contributed by atoms with Crippen LogP contribution in [0, 0.1) is 0 Å². The summed E-state index contributed by atoms with van der Waals surface area (Å²) in [7, 11) is 0. The SMILES string of the molecule is CC1(C)CC(Sc2ncc(-c3ccc(-n4cccc4)cc3O)nn2)CC(C)(C)N1. The van der Waals surface area contributed by atoms with Crippen molar-refractivity contribution < 1.29 is 5.11 Å². The zero-order valence-corrected chi connectivity index (χ0v) is 18.1. The molecule has 0 aliphatic carbocycles. The average Bonchev–Trinajstić information content (AvgIpc) is 3.14. The van der Waals surface area contributed by atoms with Crippen molar-refractivity contribution in [2.45, 2.75) is 62.0 Å². The molecule has 1 saturated heterocycles. The molecule has 0 saturated carbocycles. The first kappa shape index (κ1) is 19.9. The Kier molecular flexibility index (Phi) is 5.12. The average molecular weight is 410 g/mol. The van der Waals surface area contributed by atoms with E-state index in [9.17, 15) is 5.11 Å². The van der Waals surface area contributed by atoms with Gasteiger partial charge in [0.1, 0.15) is 11.4 Å². The number of rotatable bonds is 4. The molecule has 6 nitrogen and oxygen atoms in total. The van der Waals surface area contributed by atoms with Crippen LogP contribution in [0.25, 0.3) is 16.9 Å². The lowest BCUT2D eigenvalue weighted by Gasteiger charge is -2.46. The molecule has 1 fully saturated rings. The fraction of sp³-hybridized carbons (Fsp3) is 0.409. The van der Waals surface area contributed by atoms with Crippen LogP contribution in [0.1, 0.15) is 40.5 Å². The smallest absolute Gasteiger partial charge is 0.209 e. The molecule has 2 aromatic heterocycles. The van der Waals surface area contributed by atoms with Crippen molar-refractivity contribution >= 4 is 11.8 Å². The van der Waals surface area contributed by atoms with Crippen molar-refractivity contribution in [1.29, 1.82) is 0 Å². The number of thioether (sulfide) groups is 1. The monoisotopic (exact) mass is 409 g/mol. The summed E-state index contributed by atoms with van der Waals surface area (Å²) in [6.07, 6.45) is 7.66. The van der Waals surface area contributed by atoms with Crippen LogP contribution in [-0.2, 0) is 0 Å². The summed E-state index contributed by atoms with van der Waals surface area (Å²) in [5.41, 5.74) is 2.25. The molecule has 3 heterocycles. The van der Waals surface area contributed by atoms with Crippen LogP contribution in [0.5, 0.6) is 5.75 Å². The highest BCUT2D eigenvalue weighted by Gasteiger charge is 2.38. The Bertz CT molecular complexity index is 967. The van der Waals surface area contributed by atoms with E-state index in [4.69, 9.17) is 0 Å². The van der Waals surface area contributed by atoms with Gasteiger partial charge in [0.15, 0.2) is 0 Å². The second-order valence-corrected chi connectivity index (χ2v) is 10.2. The number of hydrogen-bond acceptors (Lipinski definition) is 6. The van der Waals surface area contributed by atoms with Gasteiger partial charge in [-0.05, 0) is 64.8 Å². The highest BCUT2D eigenvalue weighted by atomic mass is 32.2. The summed E-state index contributed by atoms with van der Waals surface area (Å²) >= 11 is 1.69. The molecule has 29 heavy (non-hydrogen) atoms. The molecule has 1 aliphatic rings. The van der Waals surface area contributed by atoms with Gasteiger partial charge in [-0.2, -0.15) is 0 Å². The van der Waals surface area contributed by atoms with Gasteiger partial charge in [-0.25, -0.2) is 4.98 Å². The van der Waals surface area contributed by atoms with Gasteiger partial charge in [0.25, 0.3) is 0 Å². The number of hydrogen-bond donors (Lipinski definition) is 2. The minimum Gasteiger partial charge on any atom is -0.507 e. The maximum absolute atomic E-state index is 10.5. The Morgan fingerprint density at radius 1 is 1.07 bits per heavy atom. The molecule has 3 aromatic rings. The Morgan fingerprint density at radius 3 is 2.34 bits per heavy atom. The molecular formula is C22H27N5OS. The summed E-state index contributed by atoms with van der Waals surface area (Å²) in [4.78, 5) is 4.51. The van der Waals surface area contributed by atoms with E-state index < -0.39 is 0 Å². The highest BCUT2D eigenvalue weighted by molar-refractivity contribution is 7.99. The Hall–Kier alpha value is -2.38. The molecule has 0 bridgehead atoms. The third-order valence-electron chi connectivity index (χ3n) is 5.13. The van der Waals surface area contributed by atoms with Gasteiger partial charge in [-0.15, -0.1) is 10.2 Å². The zero-order chi connectivity index (χ0) is 20.6. The first-order chi connectivity index (χ1) is 13.7. The van der Waals surface area contributed by atoms with Gasteiger partial charge < -0.3 is 15.0 Å². The van der Waals surface area contributed by atoms with E-state index in [-0.39, 0.29) is 16.8 Å². The van der Waals surface area contributed by atoms with Gasteiger partial charge >= 0.3 is 0 Å². The normalized spacial score (nSPS) is 18.6. The van der Waals surface area contributed by atoms with E-state index >= 15 is 0 Å². The van der Waals surface area contributed by atoms with E-state index in [2.05, 4.69) is 48.2 Å². The molecule has 0 spiro atoms. The van der Waals surface area contributed by atoms with Crippen molar-refractivity contribution in [3.8, 4) is 22.7 Å². The van der Waals surface area contributed by atoms with Crippen molar-refractivity contribution in [2.75, 3.05) is 0 Å². The minimum absolute atomic E-state index is 0.0834. The summed E-state index contributed by atoms with van der Waals surface area (Å²) < 4.78 is 1.94. The number of phenols is 1. The summed E-state index contributed by atoms with van der Waals surface area (Å²) in [6.45, 7) is 8.96. The molecule has 2 N–H and O–H groups in total. The molecule has 1 aromatic carbocycles. The molecule has 1 aliphatic heterocycles. The van der Waals surface area contributed by atoms with Crippen molar-refractivity contribution in [1.82, 2.24) is 25.1 Å². The summed E-state index contributed by atoms with van der Waals surface area (Å²) in [6, 6.07) is 9.40. The largest absolute Gasteiger partial charge is 0.507 e. The fourth-order valence-corrected chi connectivity index (χ4v) is 5.81. The number of phenolic OH excluding ortho intramolecular Hbond substituents is 1. The maximum Gasteiger partial charge on any atom is 0.209 e. The van der Waals surface area contributed by atoms with Gasteiger partial charge in [-0.3, -0.25) is 0 Å². The van der Waals surface area contributed by atoms with Crippen molar-refractivity contribution in [2.24, 2.45) is 0 Å². The van der Waals surface area contributed by atoms with Crippen molar-refractivity contribution in [3.05, 3.63) is 48.9 Å². The van der Waals surface area contributed by atoms with Crippen molar-refractivity contribution in [3.63, 3.8) is 0 Å². The molecule has 4 rings (SSSR count).